The highest BCUT2D eigenvalue weighted by Crippen LogP contribution is 2.36. The molecule has 0 aliphatic rings. The zero-order valence-corrected chi connectivity index (χ0v) is 13.2. The lowest BCUT2D eigenvalue weighted by atomic mass is 9.99. The molecule has 0 spiro atoms. The van der Waals surface area contributed by atoms with Crippen LogP contribution in [0.2, 0.25) is 0 Å². The first kappa shape index (κ1) is 17.6. The number of hydrogen-bond acceptors (Lipinski definition) is 2. The van der Waals surface area contributed by atoms with Crippen LogP contribution in [0.5, 0.6) is 0 Å². The summed E-state index contributed by atoms with van der Waals surface area (Å²) in [4.78, 5) is 14.4. The van der Waals surface area contributed by atoms with Crippen LogP contribution in [0.25, 0.3) is 22.0 Å². The number of anilines is 1. The van der Waals surface area contributed by atoms with Crippen LogP contribution in [0.4, 0.5) is 19.0 Å². The van der Waals surface area contributed by atoms with Gasteiger partial charge in [0.2, 0.25) is 0 Å². The Labute approximate surface area is 136 Å². The summed E-state index contributed by atoms with van der Waals surface area (Å²) < 4.78 is 39.9. The fourth-order valence-electron chi connectivity index (χ4n) is 2.39. The van der Waals surface area contributed by atoms with Crippen LogP contribution in [-0.2, 0) is 6.18 Å². The molecule has 3 rings (SSSR count). The molecule has 126 valence electrons. The van der Waals surface area contributed by atoms with Gasteiger partial charge in [0.15, 0.2) is 5.43 Å². The molecular weight excluding hydrogens is 317 g/mol. The molecule has 3 aromatic rings. The Kier molecular flexibility index (Phi) is 4.97. The van der Waals surface area contributed by atoms with Crippen molar-refractivity contribution in [2.45, 2.75) is 20.0 Å². The number of nitrogens with two attached hydrogens (primary N) is 1. The number of benzene rings is 2. The first-order valence-corrected chi connectivity index (χ1v) is 7.45. The van der Waals surface area contributed by atoms with Gasteiger partial charge >= 0.3 is 6.18 Å². The molecule has 1 aromatic heterocycles. The first-order chi connectivity index (χ1) is 11.4. The van der Waals surface area contributed by atoms with E-state index >= 15 is 0 Å². The van der Waals surface area contributed by atoms with Gasteiger partial charge in [0, 0.05) is 11.5 Å². The smallest absolute Gasteiger partial charge is 0.385 e. The summed E-state index contributed by atoms with van der Waals surface area (Å²) in [7, 11) is 0. The molecular formula is C18H17F3N2O. The number of H-pyrrole nitrogens is 1. The number of nitrogen functional groups attached to an aromatic ring is 1. The maximum atomic E-state index is 13.3. The summed E-state index contributed by atoms with van der Waals surface area (Å²) in [5.41, 5.74) is 4.65. The van der Waals surface area contributed by atoms with Crippen molar-refractivity contribution in [3.05, 3.63) is 64.3 Å². The average molecular weight is 334 g/mol. The van der Waals surface area contributed by atoms with E-state index in [4.69, 9.17) is 5.73 Å². The Morgan fingerprint density at radius 2 is 1.58 bits per heavy atom. The predicted octanol–water partition coefficient (Wildman–Crippen LogP) is 4.82. The summed E-state index contributed by atoms with van der Waals surface area (Å²) in [5.74, 6) is -0.101. The largest absolute Gasteiger partial charge is 0.418 e. The van der Waals surface area contributed by atoms with E-state index in [0.717, 1.165) is 12.1 Å². The highest BCUT2D eigenvalue weighted by Gasteiger charge is 2.34. The number of hydrogen-bond donors (Lipinski definition) is 2. The zero-order chi connectivity index (χ0) is 17.9. The molecule has 24 heavy (non-hydrogen) atoms. The van der Waals surface area contributed by atoms with E-state index in [1.54, 1.807) is 30.3 Å². The maximum absolute atomic E-state index is 13.3. The van der Waals surface area contributed by atoms with Crippen LogP contribution in [-0.4, -0.2) is 4.98 Å². The van der Waals surface area contributed by atoms with Crippen molar-refractivity contribution in [1.82, 2.24) is 4.98 Å². The number of alkyl halides is 3. The number of fused-ring (bicyclic) bond motifs is 1. The van der Waals surface area contributed by atoms with Gasteiger partial charge in [-0.2, -0.15) is 13.2 Å². The van der Waals surface area contributed by atoms with Crippen molar-refractivity contribution in [1.29, 1.82) is 0 Å². The SMILES string of the molecule is CC.Nc1cc(=O)c2cc(-c3ccccc3)cc(C(F)(F)F)c2[nH]1. The van der Waals surface area contributed by atoms with E-state index in [2.05, 4.69) is 4.98 Å². The Bertz CT molecular complexity index is 900. The van der Waals surface area contributed by atoms with Crippen LogP contribution < -0.4 is 11.2 Å². The van der Waals surface area contributed by atoms with Crippen LogP contribution in [0.3, 0.4) is 0 Å². The van der Waals surface area contributed by atoms with E-state index in [1.165, 1.54) is 6.07 Å². The zero-order valence-electron chi connectivity index (χ0n) is 13.2. The minimum Gasteiger partial charge on any atom is -0.385 e. The van der Waals surface area contributed by atoms with E-state index in [1.807, 2.05) is 13.8 Å². The third kappa shape index (κ3) is 3.42. The lowest BCUT2D eigenvalue weighted by molar-refractivity contribution is -0.136. The number of pyridine rings is 1. The van der Waals surface area contributed by atoms with Gasteiger partial charge in [-0.1, -0.05) is 44.2 Å². The molecule has 0 atom stereocenters. The van der Waals surface area contributed by atoms with E-state index < -0.39 is 17.2 Å². The van der Waals surface area contributed by atoms with E-state index in [0.29, 0.717) is 11.1 Å². The number of aromatic nitrogens is 1. The molecule has 0 radical (unpaired) electrons. The summed E-state index contributed by atoms with van der Waals surface area (Å²) in [6.45, 7) is 4.00. The number of halogens is 3. The summed E-state index contributed by atoms with van der Waals surface area (Å²) >= 11 is 0. The second kappa shape index (κ2) is 6.78. The van der Waals surface area contributed by atoms with Crippen LogP contribution in [0.15, 0.2) is 53.3 Å². The van der Waals surface area contributed by atoms with Crippen molar-refractivity contribution < 1.29 is 13.2 Å². The highest BCUT2D eigenvalue weighted by atomic mass is 19.4. The normalized spacial score (nSPS) is 11.0. The Balaban J connectivity index is 0.00000100. The second-order valence-electron chi connectivity index (χ2n) is 4.90. The minimum absolute atomic E-state index is 0.0390. The first-order valence-electron chi connectivity index (χ1n) is 7.45. The molecule has 1 heterocycles. The molecule has 2 aromatic carbocycles. The monoisotopic (exact) mass is 334 g/mol. The van der Waals surface area contributed by atoms with Gasteiger partial charge in [0.1, 0.15) is 5.82 Å². The van der Waals surface area contributed by atoms with Crippen LogP contribution >= 0.6 is 0 Å². The van der Waals surface area contributed by atoms with Crippen molar-refractivity contribution in [2.24, 2.45) is 0 Å². The van der Waals surface area contributed by atoms with Crippen molar-refractivity contribution >= 4 is 16.7 Å². The predicted molar refractivity (Wildman–Crippen MR) is 90.8 cm³/mol. The summed E-state index contributed by atoms with van der Waals surface area (Å²) in [5, 5.41) is -0.0390. The Hall–Kier alpha value is -2.76. The molecule has 3 nitrogen and oxygen atoms in total. The topological polar surface area (TPSA) is 58.9 Å². The van der Waals surface area contributed by atoms with E-state index in [9.17, 15) is 18.0 Å². The molecule has 3 N–H and O–H groups in total. The van der Waals surface area contributed by atoms with Gasteiger partial charge in [0.05, 0.1) is 11.1 Å². The second-order valence-corrected chi connectivity index (χ2v) is 4.90. The van der Waals surface area contributed by atoms with Gasteiger partial charge in [-0.15, -0.1) is 0 Å². The molecule has 0 unspecified atom stereocenters. The number of nitrogens with one attached hydrogen (secondary N) is 1. The van der Waals surface area contributed by atoms with Gasteiger partial charge in [-0.3, -0.25) is 4.79 Å². The fourth-order valence-corrected chi connectivity index (χ4v) is 2.39. The average Bonchev–Trinajstić information content (AvgIpc) is 2.56. The molecule has 0 aliphatic heterocycles. The Morgan fingerprint density at radius 1 is 0.958 bits per heavy atom. The standard InChI is InChI=1S/C16H11F3N2O.C2H6/c17-16(18,19)12-7-10(9-4-2-1-3-5-9)6-11-13(22)8-14(20)21-15(11)12;1-2/h1-8H,(H3,20,21,22);1-2H3. The number of aromatic amines is 1. The minimum atomic E-state index is -4.60. The van der Waals surface area contributed by atoms with Crippen molar-refractivity contribution in [3.8, 4) is 11.1 Å². The fraction of sp³-hybridized carbons (Fsp3) is 0.167. The van der Waals surface area contributed by atoms with Crippen molar-refractivity contribution in [2.75, 3.05) is 5.73 Å². The van der Waals surface area contributed by atoms with Gasteiger partial charge < -0.3 is 10.7 Å². The number of rotatable bonds is 1. The molecule has 0 fully saturated rings. The maximum Gasteiger partial charge on any atom is 0.418 e. The quantitative estimate of drug-likeness (QED) is 0.670. The molecule has 0 saturated carbocycles. The lowest BCUT2D eigenvalue weighted by Crippen LogP contribution is -2.12. The summed E-state index contributed by atoms with van der Waals surface area (Å²) in [6, 6.07) is 12.1. The molecule has 6 heteroatoms. The van der Waals surface area contributed by atoms with Gasteiger partial charge in [-0.05, 0) is 23.3 Å². The third-order valence-electron chi connectivity index (χ3n) is 3.37. The van der Waals surface area contributed by atoms with Crippen molar-refractivity contribution in [3.63, 3.8) is 0 Å². The van der Waals surface area contributed by atoms with Gasteiger partial charge in [0.25, 0.3) is 0 Å². The third-order valence-corrected chi connectivity index (χ3v) is 3.37. The van der Waals surface area contributed by atoms with E-state index in [-0.39, 0.29) is 16.7 Å². The molecule has 0 aliphatic carbocycles. The molecule has 0 amide bonds. The van der Waals surface area contributed by atoms with Gasteiger partial charge in [-0.25, -0.2) is 0 Å². The Morgan fingerprint density at radius 3 is 2.17 bits per heavy atom. The lowest BCUT2D eigenvalue weighted by Gasteiger charge is -2.13. The summed E-state index contributed by atoms with van der Waals surface area (Å²) in [6.07, 6.45) is -4.60. The highest BCUT2D eigenvalue weighted by molar-refractivity contribution is 5.88. The molecule has 0 saturated heterocycles. The van der Waals surface area contributed by atoms with Crippen LogP contribution in [0, 0.1) is 0 Å². The van der Waals surface area contributed by atoms with Crippen LogP contribution in [0.1, 0.15) is 19.4 Å². The molecule has 0 bridgehead atoms.